The molecule has 1 aliphatic carbocycles. The summed E-state index contributed by atoms with van der Waals surface area (Å²) >= 11 is 0. The minimum absolute atomic E-state index is 0.0408. The lowest BCUT2D eigenvalue weighted by Gasteiger charge is -2.37. The minimum Gasteiger partial charge on any atom is -0.497 e. The van der Waals surface area contributed by atoms with Crippen molar-refractivity contribution in [2.75, 3.05) is 12.4 Å². The Labute approximate surface area is 236 Å². The molecule has 4 aromatic rings. The highest BCUT2D eigenvalue weighted by molar-refractivity contribution is 6.00. The van der Waals surface area contributed by atoms with Crippen LogP contribution >= 0.6 is 0 Å². The van der Waals surface area contributed by atoms with Crippen molar-refractivity contribution in [1.29, 1.82) is 0 Å². The Morgan fingerprint density at radius 1 is 1.07 bits per heavy atom. The molecule has 1 saturated carbocycles. The first-order chi connectivity index (χ1) is 19.0. The standard InChI is InChI=1S/C33H38N4O3/c1-21-29(25-11-7-8-12-27(25)35-21)30-26(32(30,2)3)18-28(38)37(20-22-10-9-17-34-19-22)33(4,5)31(39)36-23-13-15-24(40-6)16-14-23/h7-17,19,26,30,35H,18,20H2,1-6H3,(H,36,39)/t26-,30+/m0/s1. The second-order valence-electron chi connectivity index (χ2n) is 11.9. The first kappa shape index (κ1) is 27.4. The Morgan fingerprint density at radius 3 is 2.48 bits per heavy atom. The highest BCUT2D eigenvalue weighted by atomic mass is 16.5. The molecular formula is C33H38N4O3. The maximum atomic E-state index is 14.1. The van der Waals surface area contributed by atoms with Crippen LogP contribution in [-0.2, 0) is 16.1 Å². The predicted molar refractivity (Wildman–Crippen MR) is 158 cm³/mol. The molecule has 2 N–H and O–H groups in total. The predicted octanol–water partition coefficient (Wildman–Crippen LogP) is 6.46. The summed E-state index contributed by atoms with van der Waals surface area (Å²) in [5.41, 5.74) is 3.94. The van der Waals surface area contributed by atoms with Crippen molar-refractivity contribution in [2.24, 2.45) is 11.3 Å². The van der Waals surface area contributed by atoms with Gasteiger partial charge in [-0.25, -0.2) is 0 Å². The normalized spacial score (nSPS) is 17.9. The van der Waals surface area contributed by atoms with Gasteiger partial charge in [-0.1, -0.05) is 38.1 Å². The van der Waals surface area contributed by atoms with Gasteiger partial charge >= 0.3 is 0 Å². The van der Waals surface area contributed by atoms with Crippen molar-refractivity contribution in [3.05, 3.63) is 89.9 Å². The van der Waals surface area contributed by atoms with Gasteiger partial charge in [-0.15, -0.1) is 0 Å². The topological polar surface area (TPSA) is 87.3 Å². The number of aromatic amines is 1. The van der Waals surface area contributed by atoms with E-state index in [1.165, 1.54) is 10.9 Å². The number of aryl methyl sites for hydroxylation is 1. The monoisotopic (exact) mass is 538 g/mol. The van der Waals surface area contributed by atoms with Crippen LogP contribution < -0.4 is 10.1 Å². The zero-order chi connectivity index (χ0) is 28.7. The number of nitrogens with zero attached hydrogens (tertiary/aromatic N) is 2. The number of nitrogens with one attached hydrogen (secondary N) is 2. The zero-order valence-corrected chi connectivity index (χ0v) is 24.1. The molecule has 7 nitrogen and oxygen atoms in total. The van der Waals surface area contributed by atoms with Crippen LogP contribution in [0.2, 0.25) is 0 Å². The molecular weight excluding hydrogens is 500 g/mol. The number of aromatic nitrogens is 2. The average Bonchev–Trinajstić information content (AvgIpc) is 3.29. The maximum absolute atomic E-state index is 14.1. The first-order valence-electron chi connectivity index (χ1n) is 13.8. The lowest BCUT2D eigenvalue weighted by atomic mass is 9.98. The van der Waals surface area contributed by atoms with Gasteiger partial charge in [0.2, 0.25) is 11.8 Å². The van der Waals surface area contributed by atoms with E-state index in [4.69, 9.17) is 4.74 Å². The van der Waals surface area contributed by atoms with Crippen LogP contribution in [0.3, 0.4) is 0 Å². The first-order valence-corrected chi connectivity index (χ1v) is 13.8. The number of para-hydroxylation sites is 1. The van der Waals surface area contributed by atoms with Crippen LogP contribution in [0.5, 0.6) is 5.75 Å². The number of pyridine rings is 1. The second kappa shape index (κ2) is 10.5. The van der Waals surface area contributed by atoms with Crippen molar-refractivity contribution in [1.82, 2.24) is 14.9 Å². The Bertz CT molecular complexity index is 1520. The number of hydrogen-bond acceptors (Lipinski definition) is 4. The summed E-state index contributed by atoms with van der Waals surface area (Å²) in [4.78, 5) is 37.2. The molecule has 7 heteroatoms. The number of benzene rings is 2. The van der Waals surface area contributed by atoms with E-state index in [9.17, 15) is 9.59 Å². The van der Waals surface area contributed by atoms with Gasteiger partial charge in [-0.2, -0.15) is 0 Å². The summed E-state index contributed by atoms with van der Waals surface area (Å²) in [6.07, 6.45) is 3.81. The third-order valence-corrected chi connectivity index (χ3v) is 8.64. The van der Waals surface area contributed by atoms with Gasteiger partial charge < -0.3 is 19.9 Å². The van der Waals surface area contributed by atoms with Gasteiger partial charge in [0.05, 0.1) is 7.11 Å². The molecule has 1 aliphatic rings. The van der Waals surface area contributed by atoms with Crippen molar-refractivity contribution >= 4 is 28.4 Å². The zero-order valence-electron chi connectivity index (χ0n) is 24.1. The molecule has 2 aromatic heterocycles. The Balaban J connectivity index is 1.40. The fourth-order valence-electron chi connectivity index (χ4n) is 6.05. The number of amides is 2. The van der Waals surface area contributed by atoms with E-state index >= 15 is 0 Å². The number of ether oxygens (including phenoxy) is 1. The number of methoxy groups -OCH3 is 1. The molecule has 1 fully saturated rings. The summed E-state index contributed by atoms with van der Waals surface area (Å²) in [7, 11) is 1.60. The largest absolute Gasteiger partial charge is 0.497 e. The van der Waals surface area contributed by atoms with Gasteiger partial charge in [0.25, 0.3) is 0 Å². The third kappa shape index (κ3) is 5.08. The van der Waals surface area contributed by atoms with E-state index in [-0.39, 0.29) is 29.1 Å². The summed E-state index contributed by atoms with van der Waals surface area (Å²) in [6, 6.07) is 19.3. The van der Waals surface area contributed by atoms with Crippen molar-refractivity contribution in [3.8, 4) is 5.75 Å². The van der Waals surface area contributed by atoms with Crippen LogP contribution in [-0.4, -0.2) is 39.3 Å². The molecule has 2 amide bonds. The van der Waals surface area contributed by atoms with Gasteiger partial charge in [0.15, 0.2) is 0 Å². The number of anilines is 1. The number of carbonyl (C=O) groups excluding carboxylic acids is 2. The molecule has 0 saturated heterocycles. The molecule has 0 radical (unpaired) electrons. The molecule has 0 aliphatic heterocycles. The number of hydrogen-bond donors (Lipinski definition) is 2. The lowest BCUT2D eigenvalue weighted by Crippen LogP contribution is -2.54. The number of H-pyrrole nitrogens is 1. The Kier molecular flexibility index (Phi) is 7.17. The Hall–Kier alpha value is -4.13. The van der Waals surface area contributed by atoms with Crippen LogP contribution in [0, 0.1) is 18.3 Å². The number of fused-ring (bicyclic) bond motifs is 1. The van der Waals surface area contributed by atoms with Gasteiger partial charge in [-0.05, 0) is 85.5 Å². The minimum atomic E-state index is -1.11. The van der Waals surface area contributed by atoms with E-state index in [2.05, 4.69) is 54.3 Å². The molecule has 5 rings (SSSR count). The van der Waals surface area contributed by atoms with E-state index in [0.717, 1.165) is 16.8 Å². The fraction of sp³-hybridized carbons (Fsp3) is 0.364. The molecule has 40 heavy (non-hydrogen) atoms. The summed E-state index contributed by atoms with van der Waals surface area (Å²) in [6.45, 7) is 10.5. The van der Waals surface area contributed by atoms with Crippen LogP contribution in [0.15, 0.2) is 73.1 Å². The third-order valence-electron chi connectivity index (χ3n) is 8.64. The number of carbonyl (C=O) groups is 2. The summed E-state index contributed by atoms with van der Waals surface area (Å²) < 4.78 is 5.23. The maximum Gasteiger partial charge on any atom is 0.249 e. The molecule has 208 valence electrons. The quantitative estimate of drug-likeness (QED) is 0.256. The van der Waals surface area contributed by atoms with Gasteiger partial charge in [-0.3, -0.25) is 14.6 Å². The highest BCUT2D eigenvalue weighted by Crippen LogP contribution is 2.67. The van der Waals surface area contributed by atoms with Crippen molar-refractivity contribution in [2.45, 2.75) is 59.0 Å². The van der Waals surface area contributed by atoms with Crippen molar-refractivity contribution in [3.63, 3.8) is 0 Å². The Morgan fingerprint density at radius 2 is 1.80 bits per heavy atom. The average molecular weight is 539 g/mol. The van der Waals surface area contributed by atoms with Crippen LogP contribution in [0.1, 0.15) is 56.9 Å². The van der Waals surface area contributed by atoms with E-state index in [0.29, 0.717) is 24.4 Å². The van der Waals surface area contributed by atoms with Gasteiger partial charge in [0.1, 0.15) is 11.3 Å². The van der Waals surface area contributed by atoms with E-state index in [1.807, 2.05) is 18.2 Å². The lowest BCUT2D eigenvalue weighted by molar-refractivity contribution is -0.145. The summed E-state index contributed by atoms with van der Waals surface area (Å²) in [5, 5.41) is 4.21. The van der Waals surface area contributed by atoms with E-state index in [1.54, 1.807) is 62.5 Å². The molecule has 2 aromatic carbocycles. The van der Waals surface area contributed by atoms with E-state index < -0.39 is 5.54 Å². The van der Waals surface area contributed by atoms with Crippen LogP contribution in [0.25, 0.3) is 10.9 Å². The highest BCUT2D eigenvalue weighted by Gasteiger charge is 2.60. The SMILES string of the molecule is COc1ccc(NC(=O)C(C)(C)N(Cc2cccnc2)C(=O)C[C@H]2[C@H](c3c(C)[nH]c4ccccc34)C2(C)C)cc1. The summed E-state index contributed by atoms with van der Waals surface area (Å²) in [5.74, 6) is 0.822. The second-order valence-corrected chi connectivity index (χ2v) is 11.9. The molecule has 2 atom stereocenters. The molecule has 2 heterocycles. The van der Waals surface area contributed by atoms with Gasteiger partial charge in [0, 0.05) is 47.6 Å². The molecule has 0 unspecified atom stereocenters. The fourth-order valence-corrected chi connectivity index (χ4v) is 6.05. The smallest absolute Gasteiger partial charge is 0.249 e. The molecule has 0 spiro atoms. The number of rotatable bonds is 9. The van der Waals surface area contributed by atoms with Crippen LogP contribution in [0.4, 0.5) is 5.69 Å². The molecule has 0 bridgehead atoms. The van der Waals surface area contributed by atoms with Crippen molar-refractivity contribution < 1.29 is 14.3 Å².